The number of hydrogen-bond acceptors (Lipinski definition) is 2. The third-order valence-corrected chi connectivity index (χ3v) is 3.85. The molecule has 2 rings (SSSR count). The molecule has 20 heavy (non-hydrogen) atoms. The summed E-state index contributed by atoms with van der Waals surface area (Å²) in [5, 5.41) is 9.44. The average Bonchev–Trinajstić information content (AvgIpc) is 2.47. The number of halogens is 3. The molecule has 0 spiro atoms. The first-order valence-electron chi connectivity index (χ1n) is 5.80. The van der Waals surface area contributed by atoms with Crippen LogP contribution in [0, 0.1) is 17.1 Å². The van der Waals surface area contributed by atoms with Gasteiger partial charge in [-0.05, 0) is 24.3 Å². The van der Waals surface area contributed by atoms with Crippen molar-refractivity contribution < 1.29 is 9.13 Å². The molecule has 0 saturated heterocycles. The smallest absolute Gasteiger partial charge is 0.147 e. The van der Waals surface area contributed by atoms with E-state index in [4.69, 9.17) is 10.00 Å². The van der Waals surface area contributed by atoms with Crippen LogP contribution in [-0.2, 0) is 11.9 Å². The highest BCUT2D eigenvalue weighted by atomic mass is 79.9. The Hall–Kier alpha value is -1.38. The van der Waals surface area contributed by atoms with Gasteiger partial charge in [0.05, 0.1) is 5.56 Å². The second-order valence-corrected chi connectivity index (χ2v) is 5.54. The number of nitriles is 1. The van der Waals surface area contributed by atoms with E-state index in [0.29, 0.717) is 16.6 Å². The highest BCUT2D eigenvalue weighted by Crippen LogP contribution is 2.26. The molecule has 0 aliphatic heterocycles. The van der Waals surface area contributed by atoms with Crippen molar-refractivity contribution in [2.24, 2.45) is 0 Å². The molecular weight excluding hydrogens is 389 g/mol. The van der Waals surface area contributed by atoms with Gasteiger partial charge in [-0.15, -0.1) is 0 Å². The van der Waals surface area contributed by atoms with Crippen LogP contribution in [0.1, 0.15) is 16.7 Å². The zero-order valence-corrected chi connectivity index (χ0v) is 13.5. The summed E-state index contributed by atoms with van der Waals surface area (Å²) in [4.78, 5) is 0. The van der Waals surface area contributed by atoms with Crippen LogP contribution in [0.4, 0.5) is 4.39 Å². The van der Waals surface area contributed by atoms with E-state index in [1.165, 1.54) is 6.07 Å². The first-order chi connectivity index (χ1) is 9.65. The van der Waals surface area contributed by atoms with Gasteiger partial charge in [-0.1, -0.05) is 44.0 Å². The predicted octanol–water partition coefficient (Wildman–Crippen LogP) is 4.93. The molecule has 0 heterocycles. The minimum Gasteiger partial charge on any atom is -0.488 e. The SMILES string of the molecule is N#Cc1cccc(COc2ccc(Br)cc2CBr)c1F. The van der Waals surface area contributed by atoms with Gasteiger partial charge in [-0.3, -0.25) is 0 Å². The summed E-state index contributed by atoms with van der Waals surface area (Å²) in [6.07, 6.45) is 0. The molecular formula is C15H10Br2FNO. The molecule has 5 heteroatoms. The molecule has 0 saturated carbocycles. The largest absolute Gasteiger partial charge is 0.488 e. The molecule has 0 atom stereocenters. The third kappa shape index (κ3) is 3.38. The lowest BCUT2D eigenvalue weighted by atomic mass is 10.1. The summed E-state index contributed by atoms with van der Waals surface area (Å²) in [5.41, 5.74) is 1.37. The summed E-state index contributed by atoms with van der Waals surface area (Å²) in [7, 11) is 0. The molecule has 0 aliphatic carbocycles. The molecule has 0 aliphatic rings. The zero-order chi connectivity index (χ0) is 14.5. The molecule has 0 amide bonds. The van der Waals surface area contributed by atoms with Gasteiger partial charge in [-0.25, -0.2) is 4.39 Å². The van der Waals surface area contributed by atoms with Gasteiger partial charge in [0.1, 0.15) is 24.2 Å². The summed E-state index contributed by atoms with van der Waals surface area (Å²) in [6.45, 7) is 0.0863. The van der Waals surface area contributed by atoms with Gasteiger partial charge >= 0.3 is 0 Å². The van der Waals surface area contributed by atoms with Crippen LogP contribution in [-0.4, -0.2) is 0 Å². The van der Waals surface area contributed by atoms with E-state index in [9.17, 15) is 4.39 Å². The molecule has 0 fully saturated rings. The predicted molar refractivity (Wildman–Crippen MR) is 82.2 cm³/mol. The third-order valence-electron chi connectivity index (χ3n) is 2.75. The Morgan fingerprint density at radius 2 is 2.00 bits per heavy atom. The van der Waals surface area contributed by atoms with Gasteiger partial charge in [0, 0.05) is 20.9 Å². The fourth-order valence-corrected chi connectivity index (χ4v) is 2.57. The Bertz CT molecular complexity index is 667. The van der Waals surface area contributed by atoms with Crippen LogP contribution in [0.2, 0.25) is 0 Å². The van der Waals surface area contributed by atoms with Crippen molar-refractivity contribution in [2.45, 2.75) is 11.9 Å². The topological polar surface area (TPSA) is 33.0 Å². The zero-order valence-electron chi connectivity index (χ0n) is 10.4. The molecule has 2 aromatic rings. The molecule has 0 bridgehead atoms. The fraction of sp³-hybridized carbons (Fsp3) is 0.133. The Morgan fingerprint density at radius 3 is 2.70 bits per heavy atom. The molecule has 2 aromatic carbocycles. The lowest BCUT2D eigenvalue weighted by Gasteiger charge is -2.11. The number of benzene rings is 2. The van der Waals surface area contributed by atoms with Crippen LogP contribution in [0.3, 0.4) is 0 Å². The van der Waals surface area contributed by atoms with E-state index in [-0.39, 0.29) is 12.2 Å². The van der Waals surface area contributed by atoms with Crippen molar-refractivity contribution in [1.82, 2.24) is 0 Å². The normalized spacial score (nSPS) is 10.1. The van der Waals surface area contributed by atoms with Crippen molar-refractivity contribution in [1.29, 1.82) is 5.26 Å². The summed E-state index contributed by atoms with van der Waals surface area (Å²) in [5.74, 6) is 0.166. The van der Waals surface area contributed by atoms with Crippen LogP contribution in [0.5, 0.6) is 5.75 Å². The summed E-state index contributed by atoms with van der Waals surface area (Å²) in [6, 6.07) is 12.2. The average molecular weight is 399 g/mol. The van der Waals surface area contributed by atoms with E-state index in [2.05, 4.69) is 31.9 Å². The number of alkyl halides is 1. The van der Waals surface area contributed by atoms with Gasteiger partial charge < -0.3 is 4.74 Å². The Labute approximate surface area is 133 Å². The van der Waals surface area contributed by atoms with Gasteiger partial charge in [0.15, 0.2) is 0 Å². The van der Waals surface area contributed by atoms with Crippen molar-refractivity contribution in [2.75, 3.05) is 0 Å². The van der Waals surface area contributed by atoms with Crippen LogP contribution in [0.15, 0.2) is 40.9 Å². The molecule has 0 aromatic heterocycles. The van der Waals surface area contributed by atoms with Gasteiger partial charge in [0.2, 0.25) is 0 Å². The fourth-order valence-electron chi connectivity index (χ4n) is 1.73. The maximum absolute atomic E-state index is 13.9. The quantitative estimate of drug-likeness (QED) is 0.683. The lowest BCUT2D eigenvalue weighted by Crippen LogP contribution is -2.01. The van der Waals surface area contributed by atoms with Crippen molar-refractivity contribution in [3.8, 4) is 11.8 Å². The molecule has 0 N–H and O–H groups in total. The van der Waals surface area contributed by atoms with E-state index in [1.807, 2.05) is 24.3 Å². The van der Waals surface area contributed by atoms with E-state index >= 15 is 0 Å². The Kier molecular flexibility index (Phi) is 5.16. The summed E-state index contributed by atoms with van der Waals surface area (Å²) < 4.78 is 20.5. The van der Waals surface area contributed by atoms with Crippen LogP contribution < -0.4 is 4.74 Å². The van der Waals surface area contributed by atoms with E-state index < -0.39 is 5.82 Å². The van der Waals surface area contributed by atoms with Gasteiger partial charge in [-0.2, -0.15) is 5.26 Å². The first-order valence-corrected chi connectivity index (χ1v) is 7.72. The highest BCUT2D eigenvalue weighted by Gasteiger charge is 2.09. The highest BCUT2D eigenvalue weighted by molar-refractivity contribution is 9.10. The maximum atomic E-state index is 13.9. The monoisotopic (exact) mass is 397 g/mol. The van der Waals surface area contributed by atoms with E-state index in [1.54, 1.807) is 12.1 Å². The summed E-state index contributed by atoms with van der Waals surface area (Å²) >= 11 is 6.78. The minimum atomic E-state index is -0.521. The molecule has 2 nitrogen and oxygen atoms in total. The standard InChI is InChI=1S/C15H10Br2FNO/c16-7-12-6-13(17)4-5-14(12)20-9-11-3-1-2-10(8-19)15(11)18/h1-6H,7,9H2. The van der Waals surface area contributed by atoms with E-state index in [0.717, 1.165) is 10.0 Å². The lowest BCUT2D eigenvalue weighted by molar-refractivity contribution is 0.297. The minimum absolute atomic E-state index is 0.0302. The van der Waals surface area contributed by atoms with Crippen molar-refractivity contribution in [3.63, 3.8) is 0 Å². The van der Waals surface area contributed by atoms with Crippen LogP contribution >= 0.6 is 31.9 Å². The number of rotatable bonds is 4. The van der Waals surface area contributed by atoms with Crippen molar-refractivity contribution >= 4 is 31.9 Å². The maximum Gasteiger partial charge on any atom is 0.147 e. The molecule has 0 unspecified atom stereocenters. The first kappa shape index (κ1) is 15.0. The number of nitrogens with zero attached hydrogens (tertiary/aromatic N) is 1. The van der Waals surface area contributed by atoms with Gasteiger partial charge in [0.25, 0.3) is 0 Å². The van der Waals surface area contributed by atoms with Crippen molar-refractivity contribution in [3.05, 3.63) is 63.4 Å². The molecule has 0 radical (unpaired) electrons. The van der Waals surface area contributed by atoms with Crippen LogP contribution in [0.25, 0.3) is 0 Å². The number of ether oxygens (including phenoxy) is 1. The second kappa shape index (κ2) is 6.87. The Balaban J connectivity index is 2.19. The molecule has 102 valence electrons. The number of hydrogen-bond donors (Lipinski definition) is 0. The second-order valence-electron chi connectivity index (χ2n) is 4.06. The Morgan fingerprint density at radius 1 is 1.20 bits per heavy atom.